The molecule has 0 aromatic heterocycles. The summed E-state index contributed by atoms with van der Waals surface area (Å²) in [7, 11) is 0. The third-order valence-electron chi connectivity index (χ3n) is 0. The van der Waals surface area contributed by atoms with E-state index in [1.165, 1.54) is 0 Å². The van der Waals surface area contributed by atoms with Gasteiger partial charge in [-0.3, -0.25) is 0 Å². The van der Waals surface area contributed by atoms with E-state index in [2.05, 4.69) is 0 Å². The van der Waals surface area contributed by atoms with E-state index in [9.17, 15) is 0 Å². The van der Waals surface area contributed by atoms with Crippen molar-refractivity contribution in [2.24, 2.45) is 0 Å². The normalized spacial score (nSPS) is 0. The van der Waals surface area contributed by atoms with E-state index in [1.54, 1.807) is 0 Å². The minimum absolute atomic E-state index is 0. The summed E-state index contributed by atoms with van der Waals surface area (Å²) in [6.07, 6.45) is 0. The lowest BCUT2D eigenvalue weighted by Gasteiger charge is -0.0786. The van der Waals surface area contributed by atoms with Crippen molar-refractivity contribution in [3.05, 3.63) is 0 Å². The fraction of sp³-hybridized carbons (Fsp3) is 1.00. The van der Waals surface area contributed by atoms with Gasteiger partial charge in [0.15, 0.2) is 0 Å². The van der Waals surface area contributed by atoms with Gasteiger partial charge in [-0.2, -0.15) is 0 Å². The van der Waals surface area contributed by atoms with Crippen LogP contribution in [0.15, 0.2) is 0 Å². The van der Waals surface area contributed by atoms with Crippen LogP contribution in [0, 0.1) is 0 Å². The van der Waals surface area contributed by atoms with Crippen molar-refractivity contribution in [2.75, 3.05) is 0 Å². The molecule has 0 aliphatic heterocycles. The van der Waals surface area contributed by atoms with Crippen molar-refractivity contribution < 1.29 is 0 Å². The Morgan fingerprint density at radius 2 is 0.00870 bits per heavy atom. The van der Waals surface area contributed by atoms with E-state index in [4.69, 9.17) is 0 Å². The summed E-state index contributed by atoms with van der Waals surface area (Å²) in [5.41, 5.74) is 0. The first kappa shape index (κ1) is 0. The maximum absolute atomic E-state index is 0. The van der Waals surface area contributed by atoms with Gasteiger partial charge in [0.05, 0.1) is 0 Å². The van der Waals surface area contributed by atoms with Crippen LogP contribution in [0.4, 0.5) is 0 Å². The quantitative estimate of drug-likeness (QED) is 0.227. The van der Waals surface area contributed by atoms with Gasteiger partial charge < -0.3 is 0 Å². The molecule has 0 aliphatic carbocycles. The fourth-order valence-electron chi connectivity index (χ4n) is 0. The SMILES string of the molecule is C.C.C.C.C.C.C.C.C.C.C.C.C.C.C.C.C.C.C.C.C.C.C.C.C.C.C.C.C.C.C.C.C.C.C.C.C.C.C.C.C.C.C.C.C.C.C.C.C.C.C.C.C.C.C.C.C.C.C.C.C.C.C.C.C.C.C.C.C.C.C.C.C.C.C.C.C.C.C.C.C.C.C.C.C.C.C.C.C.C.C.C.C.C.C.C.C.C.C.C.C.C.C.C.C.C.C.C.C.C.C.C.C.C.C. The summed E-state index contributed by atoms with van der Waals surface area (Å²) in [5.74, 6) is 0. The van der Waals surface area contributed by atoms with Gasteiger partial charge in [-0.05, 0) is 0 Å². The second-order valence-corrected chi connectivity index (χ2v) is 0. The molecule has 0 nitrogen and oxygen atoms in total. The Hall–Kier alpha value is 0. The van der Waals surface area contributed by atoms with Gasteiger partial charge in [0.1, 0.15) is 0 Å². The van der Waals surface area contributed by atoms with Gasteiger partial charge >= 0.3 is 0 Å². The van der Waals surface area contributed by atoms with Crippen LogP contribution in [0.5, 0.6) is 0 Å². The average Bonchev–Trinajstić information content (AvgIpc) is 0. The Morgan fingerprint density at radius 1 is 0.00870 bits per heavy atom. The van der Waals surface area contributed by atoms with E-state index in [0.29, 0.717) is 0 Å². The highest BCUT2D eigenvalue weighted by atomic mass is 12.1. The fourth-order valence-corrected chi connectivity index (χ4v) is 0. The molecule has 0 saturated carbocycles. The zero-order valence-corrected chi connectivity index (χ0v) is 0. The maximum Gasteiger partial charge on any atom is -0.0776 e. The summed E-state index contributed by atoms with van der Waals surface area (Å²) in [6.45, 7) is 0. The third kappa shape index (κ3) is 0. The van der Waals surface area contributed by atoms with Crippen molar-refractivity contribution in [3.63, 3.8) is 0 Å². The van der Waals surface area contributed by atoms with Gasteiger partial charge in [0.2, 0.25) is 0 Å². The lowest BCUT2D eigenvalue weighted by molar-refractivity contribution is 2.50. The van der Waals surface area contributed by atoms with E-state index in [0.717, 1.165) is 0 Å². The standard InChI is InChI=1S/115CH4/h115*1H4. The highest BCUT2D eigenvalue weighted by molar-refractivity contribution is 2.62. The summed E-state index contributed by atoms with van der Waals surface area (Å²) < 4.78 is 0. The highest BCUT2D eigenvalue weighted by Crippen LogP contribution is 0.258. The molecular formula is C115H460. The molecule has 0 spiro atoms. The first-order valence-corrected chi connectivity index (χ1v) is 0. The number of hydrogen-bond acceptors (Lipinski definition) is 0. The van der Waals surface area contributed by atoms with Gasteiger partial charge in [0.25, 0.3) is 0 Å². The minimum Gasteiger partial charge on any atom is -0.0776 e. The molecule has 0 heterocycles. The van der Waals surface area contributed by atoms with E-state index in [1.807, 2.05) is 0 Å². The molecule has 115 heavy (non-hydrogen) atoms. The number of hydrogen-bond donors (Lipinski definition) is 0. The lowest BCUT2D eigenvalue weighted by atomic mass is 12.0. The molecule has 0 unspecified atom stereocenters. The van der Waals surface area contributed by atoms with Crippen molar-refractivity contribution in [1.29, 1.82) is 0 Å². The topological polar surface area (TPSA) is 0 Å². The third-order valence-corrected chi connectivity index (χ3v) is 0. The first-order valence-electron chi connectivity index (χ1n) is 0. The molecule has 0 saturated heterocycles. The van der Waals surface area contributed by atoms with Crippen LogP contribution in [-0.4, -0.2) is 0 Å². The second kappa shape index (κ2) is 0. The molecule has 0 aliphatic rings. The zero-order valence-electron chi connectivity index (χ0n) is 0. The smallest absolute Gasteiger partial charge is 0.0776 e. The van der Waals surface area contributed by atoms with Crippen LogP contribution in [0.25, 0.3) is 0 Å². The predicted molar refractivity (Wildman–Crippen MR) is 774 cm³/mol. The molecule has 920 valence electrons. The Kier molecular flexibility index (Phi) is 0. The Labute approximate surface area is 849 Å². The molecule has 0 amide bonds. The van der Waals surface area contributed by atoms with Gasteiger partial charge in [-0.25, -0.2) is 0 Å². The van der Waals surface area contributed by atoms with Gasteiger partial charge in [0, 0.05) is 0 Å². The second-order valence-electron chi connectivity index (χ2n) is 0. The molecule has 0 atom stereocenters. The minimum atomic E-state index is 0. The molecule has 0 heteroatoms. The first-order chi connectivity index (χ1) is 0. The monoisotopic (exact) mass is 1840 g/mol. The van der Waals surface area contributed by atoms with Crippen molar-refractivity contribution >= 4 is 0 Å². The van der Waals surface area contributed by atoms with Gasteiger partial charge in [-0.1, -0.05) is 854 Å². The van der Waals surface area contributed by atoms with Crippen LogP contribution in [-0.2, 0) is 0 Å². The van der Waals surface area contributed by atoms with Crippen molar-refractivity contribution in [1.82, 2.24) is 0 Å². The molecule has 0 radical (unpaired) electrons. The van der Waals surface area contributed by atoms with Gasteiger partial charge in [-0.15, -0.1) is 0 Å². The molecule has 0 rings (SSSR count). The largest absolute Gasteiger partial charge is 0.0776 e. The van der Waals surface area contributed by atoms with E-state index in [-0.39, 0.29) is 854 Å². The van der Waals surface area contributed by atoms with Crippen LogP contribution in [0.2, 0.25) is 0 Å². The Morgan fingerprint density at radius 3 is 0.00870 bits per heavy atom. The molecule has 0 aromatic rings. The molecule has 0 bridgehead atoms. The number of rotatable bonds is 0. The Bertz CT molecular complexity index is 0. The molecule has 0 fully saturated rings. The maximum atomic E-state index is 0. The lowest BCUT2D eigenvalue weighted by Crippen LogP contribution is 0.143. The molecule has 0 N–H and O–H groups in total. The van der Waals surface area contributed by atoms with Crippen molar-refractivity contribution in [3.8, 4) is 0 Å². The summed E-state index contributed by atoms with van der Waals surface area (Å²) in [6, 6.07) is 0. The zero-order chi connectivity index (χ0) is 0. The van der Waals surface area contributed by atoms with Crippen LogP contribution >= 0.6 is 0 Å². The van der Waals surface area contributed by atoms with E-state index >= 15 is 0 Å². The summed E-state index contributed by atoms with van der Waals surface area (Å²) in [4.78, 5) is 0. The average molecular weight is 1840 g/mol. The van der Waals surface area contributed by atoms with E-state index < -0.39 is 0 Å². The molecular weight excluding hydrogens is 1380 g/mol. The van der Waals surface area contributed by atoms with Crippen LogP contribution in [0.1, 0.15) is 854 Å². The van der Waals surface area contributed by atoms with Crippen LogP contribution < -0.4 is 0 Å². The summed E-state index contributed by atoms with van der Waals surface area (Å²) in [5, 5.41) is 0. The summed E-state index contributed by atoms with van der Waals surface area (Å²) >= 11 is 0. The Balaban J connectivity index is 0. The predicted octanol–water partition coefficient (Wildman–Crippen LogP) is 73.2. The highest BCUT2D eigenvalue weighted by Gasteiger charge is 0.0364. The molecule has 0 aromatic carbocycles. The van der Waals surface area contributed by atoms with Crippen LogP contribution in [0.3, 0.4) is 0 Å². The van der Waals surface area contributed by atoms with Crippen molar-refractivity contribution in [2.45, 2.75) is 854 Å².